The molecule has 5 aromatic rings. The number of rotatable bonds is 7. The first-order valence-corrected chi connectivity index (χ1v) is 11.4. The minimum atomic E-state index is -1.12. The standard InChI is InChI=1S/C29H25N3O3/c33-27(15-19-6-2-1-3-7-19)29(35)31-17-20-8-4-9-21(14-20)23-10-5-11-24(28(23)34)26-16-22-18-30-13-12-25(22)32-26/h1-14,16,18,27,32-34H,15,17H2,(H,31,35)/t27-/m0/s1. The Morgan fingerprint density at radius 3 is 2.51 bits per heavy atom. The number of H-pyrrole nitrogens is 1. The Morgan fingerprint density at radius 1 is 0.914 bits per heavy atom. The molecule has 0 aliphatic carbocycles. The van der Waals surface area contributed by atoms with Gasteiger partial charge in [0.15, 0.2) is 0 Å². The summed E-state index contributed by atoms with van der Waals surface area (Å²) in [5, 5.41) is 25.1. The van der Waals surface area contributed by atoms with E-state index in [9.17, 15) is 15.0 Å². The van der Waals surface area contributed by atoms with Crippen molar-refractivity contribution in [1.29, 1.82) is 0 Å². The molecule has 0 aliphatic rings. The van der Waals surface area contributed by atoms with Crippen LogP contribution in [-0.2, 0) is 17.8 Å². The summed E-state index contributed by atoms with van der Waals surface area (Å²) in [6, 6.07) is 26.6. The van der Waals surface area contributed by atoms with Gasteiger partial charge in [0.25, 0.3) is 0 Å². The second-order valence-electron chi connectivity index (χ2n) is 8.47. The van der Waals surface area contributed by atoms with Crippen LogP contribution in [0.5, 0.6) is 5.75 Å². The summed E-state index contributed by atoms with van der Waals surface area (Å²) in [6.45, 7) is 0.272. The molecule has 174 valence electrons. The highest BCUT2D eigenvalue weighted by molar-refractivity contribution is 5.89. The van der Waals surface area contributed by atoms with Gasteiger partial charge in [-0.3, -0.25) is 9.78 Å². The Kier molecular flexibility index (Phi) is 6.28. The molecule has 0 radical (unpaired) electrons. The number of aromatic amines is 1. The number of carbonyl (C=O) groups excluding carboxylic acids is 1. The predicted molar refractivity (Wildman–Crippen MR) is 137 cm³/mol. The van der Waals surface area contributed by atoms with E-state index in [0.29, 0.717) is 11.1 Å². The number of phenolic OH excluding ortho intramolecular Hbond substituents is 1. The van der Waals surface area contributed by atoms with Gasteiger partial charge in [-0.15, -0.1) is 0 Å². The zero-order valence-corrected chi connectivity index (χ0v) is 19.0. The van der Waals surface area contributed by atoms with Crippen molar-refractivity contribution in [3.63, 3.8) is 0 Å². The number of pyridine rings is 1. The average molecular weight is 464 g/mol. The Labute approximate surface area is 202 Å². The number of para-hydroxylation sites is 1. The Balaban J connectivity index is 1.32. The van der Waals surface area contributed by atoms with E-state index < -0.39 is 12.0 Å². The molecule has 5 rings (SSSR count). The quantitative estimate of drug-likeness (QED) is 0.278. The maximum absolute atomic E-state index is 12.4. The fourth-order valence-corrected chi connectivity index (χ4v) is 4.20. The molecule has 3 aromatic carbocycles. The molecule has 6 nitrogen and oxygen atoms in total. The molecule has 35 heavy (non-hydrogen) atoms. The molecule has 2 aromatic heterocycles. The summed E-state index contributed by atoms with van der Waals surface area (Å²) in [5.74, 6) is -0.246. The van der Waals surface area contributed by atoms with Crippen LogP contribution in [0.15, 0.2) is 97.3 Å². The van der Waals surface area contributed by atoms with Crippen molar-refractivity contribution in [2.75, 3.05) is 0 Å². The molecule has 1 amide bonds. The van der Waals surface area contributed by atoms with E-state index in [1.165, 1.54) is 0 Å². The van der Waals surface area contributed by atoms with E-state index >= 15 is 0 Å². The van der Waals surface area contributed by atoms with E-state index in [-0.39, 0.29) is 18.7 Å². The van der Waals surface area contributed by atoms with Crippen molar-refractivity contribution in [2.45, 2.75) is 19.1 Å². The van der Waals surface area contributed by atoms with Crippen molar-refractivity contribution in [1.82, 2.24) is 15.3 Å². The van der Waals surface area contributed by atoms with Gasteiger partial charge in [0.1, 0.15) is 11.9 Å². The zero-order valence-electron chi connectivity index (χ0n) is 19.0. The first kappa shape index (κ1) is 22.4. The summed E-state index contributed by atoms with van der Waals surface area (Å²) in [7, 11) is 0. The zero-order chi connectivity index (χ0) is 24.2. The van der Waals surface area contributed by atoms with Crippen molar-refractivity contribution in [3.05, 3.63) is 108 Å². The number of aliphatic hydroxyl groups is 1. The summed E-state index contributed by atoms with van der Waals surface area (Å²) < 4.78 is 0. The highest BCUT2D eigenvalue weighted by Crippen LogP contribution is 2.38. The normalized spacial score (nSPS) is 11.9. The number of nitrogens with one attached hydrogen (secondary N) is 2. The third kappa shape index (κ3) is 4.93. The summed E-state index contributed by atoms with van der Waals surface area (Å²) in [6.07, 6.45) is 2.65. The van der Waals surface area contributed by atoms with Gasteiger partial charge in [-0.05, 0) is 41.0 Å². The second-order valence-corrected chi connectivity index (χ2v) is 8.47. The van der Waals surface area contributed by atoms with Crippen LogP contribution >= 0.6 is 0 Å². The molecule has 0 unspecified atom stereocenters. The number of carbonyl (C=O) groups is 1. The lowest BCUT2D eigenvalue weighted by atomic mass is 9.98. The number of fused-ring (bicyclic) bond motifs is 1. The lowest BCUT2D eigenvalue weighted by Gasteiger charge is -2.13. The molecular formula is C29H25N3O3. The summed E-state index contributed by atoms with van der Waals surface area (Å²) in [5.41, 5.74) is 5.75. The number of aliphatic hydroxyl groups excluding tert-OH is 1. The first-order valence-electron chi connectivity index (χ1n) is 11.4. The van der Waals surface area contributed by atoms with E-state index in [1.54, 1.807) is 12.4 Å². The Hall–Kier alpha value is -4.42. The van der Waals surface area contributed by atoms with Crippen LogP contribution in [0.1, 0.15) is 11.1 Å². The van der Waals surface area contributed by atoms with Crippen molar-refractivity contribution < 1.29 is 15.0 Å². The van der Waals surface area contributed by atoms with Gasteiger partial charge >= 0.3 is 0 Å². The minimum absolute atomic E-state index is 0.173. The average Bonchev–Trinajstić information content (AvgIpc) is 3.32. The van der Waals surface area contributed by atoms with Crippen LogP contribution in [0.4, 0.5) is 0 Å². The van der Waals surface area contributed by atoms with E-state index in [0.717, 1.165) is 33.3 Å². The fraction of sp³-hybridized carbons (Fsp3) is 0.103. The van der Waals surface area contributed by atoms with E-state index in [1.807, 2.05) is 84.9 Å². The molecule has 4 N–H and O–H groups in total. The SMILES string of the molecule is O=C(NCc1cccc(-c2cccc(-c3cc4cnccc4[nH]3)c2O)c1)[C@@H](O)Cc1ccccc1. The van der Waals surface area contributed by atoms with Crippen LogP contribution in [0, 0.1) is 0 Å². The third-order valence-corrected chi connectivity index (χ3v) is 6.03. The first-order chi connectivity index (χ1) is 17.1. The lowest BCUT2D eigenvalue weighted by Crippen LogP contribution is -2.35. The molecule has 0 aliphatic heterocycles. The molecule has 1 atom stereocenters. The molecule has 2 heterocycles. The smallest absolute Gasteiger partial charge is 0.249 e. The predicted octanol–water partition coefficient (Wildman–Crippen LogP) is 4.82. The fourth-order valence-electron chi connectivity index (χ4n) is 4.20. The van der Waals surface area contributed by atoms with Crippen LogP contribution in [0.2, 0.25) is 0 Å². The largest absolute Gasteiger partial charge is 0.507 e. The van der Waals surface area contributed by atoms with Gasteiger partial charge in [-0.25, -0.2) is 0 Å². The second kappa shape index (κ2) is 9.83. The van der Waals surface area contributed by atoms with Gasteiger partial charge in [-0.2, -0.15) is 0 Å². The number of hydrogen-bond donors (Lipinski definition) is 4. The Bertz CT molecular complexity index is 1440. The number of hydrogen-bond acceptors (Lipinski definition) is 4. The molecule has 0 fully saturated rings. The number of nitrogens with zero attached hydrogens (tertiary/aromatic N) is 1. The number of phenols is 1. The number of aromatic nitrogens is 2. The highest BCUT2D eigenvalue weighted by Gasteiger charge is 2.16. The topological polar surface area (TPSA) is 98.2 Å². The molecule has 0 spiro atoms. The molecule has 6 heteroatoms. The van der Waals surface area contributed by atoms with Crippen LogP contribution < -0.4 is 5.32 Å². The van der Waals surface area contributed by atoms with Gasteiger partial charge in [0.05, 0.1) is 5.69 Å². The van der Waals surface area contributed by atoms with Gasteiger partial charge in [0.2, 0.25) is 5.91 Å². The maximum atomic E-state index is 12.4. The summed E-state index contributed by atoms with van der Waals surface area (Å²) >= 11 is 0. The van der Waals surface area contributed by atoms with Gasteiger partial charge in [0, 0.05) is 47.4 Å². The highest BCUT2D eigenvalue weighted by atomic mass is 16.3. The van der Waals surface area contributed by atoms with Crippen molar-refractivity contribution in [3.8, 4) is 28.1 Å². The van der Waals surface area contributed by atoms with Crippen molar-refractivity contribution >= 4 is 16.8 Å². The van der Waals surface area contributed by atoms with Crippen molar-refractivity contribution in [2.24, 2.45) is 0 Å². The van der Waals surface area contributed by atoms with Crippen LogP contribution in [0.25, 0.3) is 33.3 Å². The van der Waals surface area contributed by atoms with Crippen LogP contribution in [0.3, 0.4) is 0 Å². The monoisotopic (exact) mass is 463 g/mol. The molecule has 0 saturated carbocycles. The number of aromatic hydroxyl groups is 1. The maximum Gasteiger partial charge on any atom is 0.249 e. The molecule has 0 bridgehead atoms. The third-order valence-electron chi connectivity index (χ3n) is 6.03. The van der Waals surface area contributed by atoms with Crippen LogP contribution in [-0.4, -0.2) is 32.2 Å². The minimum Gasteiger partial charge on any atom is -0.507 e. The lowest BCUT2D eigenvalue weighted by molar-refractivity contribution is -0.129. The number of benzene rings is 3. The number of amides is 1. The van der Waals surface area contributed by atoms with E-state index in [2.05, 4.69) is 15.3 Å². The van der Waals surface area contributed by atoms with E-state index in [4.69, 9.17) is 0 Å². The van der Waals surface area contributed by atoms with Gasteiger partial charge in [-0.1, -0.05) is 60.7 Å². The van der Waals surface area contributed by atoms with Gasteiger partial charge < -0.3 is 20.5 Å². The molecular weight excluding hydrogens is 438 g/mol. The molecule has 0 saturated heterocycles. The Morgan fingerprint density at radius 2 is 1.69 bits per heavy atom. The summed E-state index contributed by atoms with van der Waals surface area (Å²) in [4.78, 5) is 19.9.